The van der Waals surface area contributed by atoms with Gasteiger partial charge in [-0.25, -0.2) is 0 Å². The van der Waals surface area contributed by atoms with Crippen LogP contribution in [0.5, 0.6) is 0 Å². The van der Waals surface area contributed by atoms with Crippen LogP contribution in [0.25, 0.3) is 0 Å². The Kier molecular flexibility index (Phi) is 4.71. The van der Waals surface area contributed by atoms with Gasteiger partial charge in [-0.3, -0.25) is 4.79 Å². The Labute approximate surface area is 90.2 Å². The van der Waals surface area contributed by atoms with Crippen LogP contribution in [0.2, 0.25) is 0 Å². The molecule has 0 heterocycles. The third-order valence-corrected chi connectivity index (χ3v) is 2.50. The maximum atomic E-state index is 11.5. The topological polar surface area (TPSA) is 26.3 Å². The molecule has 1 atom stereocenters. The van der Waals surface area contributed by atoms with Gasteiger partial charge >= 0.3 is 5.97 Å². The van der Waals surface area contributed by atoms with Gasteiger partial charge in [-0.05, 0) is 23.8 Å². The largest absolute Gasteiger partial charge is 0.395 e. The first-order chi connectivity index (χ1) is 6.79. The van der Waals surface area contributed by atoms with Crippen molar-refractivity contribution in [3.63, 3.8) is 0 Å². The summed E-state index contributed by atoms with van der Waals surface area (Å²) in [5.74, 6) is -0.429. The van der Waals surface area contributed by atoms with Gasteiger partial charge in [0.25, 0.3) is 0 Å². The molecule has 0 spiro atoms. The first kappa shape index (κ1) is 11.3. The molecule has 0 radical (unpaired) electrons. The minimum atomic E-state index is -0.240. The van der Waals surface area contributed by atoms with Crippen molar-refractivity contribution in [1.29, 1.82) is 0 Å². The smallest absolute Gasteiger partial charge is 0.322 e. The molecule has 1 aromatic rings. The van der Waals surface area contributed by atoms with Gasteiger partial charge in [0.05, 0.1) is 5.92 Å². The molecule has 4 heteroatoms. The van der Waals surface area contributed by atoms with Crippen LogP contribution in [0, 0.1) is 0 Å². The standard InChI is InChI=1S/C10H11O2PS/c1-2-9(10(11)12-13-14)8-6-4-3-5-7-8/h3-7,9H,2H2,1H3. The highest BCUT2D eigenvalue weighted by molar-refractivity contribution is 7.94. The fourth-order valence-electron chi connectivity index (χ4n) is 1.32. The van der Waals surface area contributed by atoms with E-state index in [2.05, 4.69) is 11.8 Å². The van der Waals surface area contributed by atoms with Crippen LogP contribution in [-0.2, 0) is 21.1 Å². The molecule has 0 fully saturated rings. The molecule has 74 valence electrons. The lowest BCUT2D eigenvalue weighted by molar-refractivity contribution is -0.135. The van der Waals surface area contributed by atoms with Gasteiger partial charge in [0.1, 0.15) is 0 Å². The van der Waals surface area contributed by atoms with Crippen molar-refractivity contribution in [1.82, 2.24) is 0 Å². The molecule has 0 aliphatic carbocycles. The second-order valence-electron chi connectivity index (χ2n) is 2.86. The zero-order valence-corrected chi connectivity index (χ0v) is 9.55. The first-order valence-corrected chi connectivity index (χ1v) is 6.20. The predicted octanol–water partition coefficient (Wildman–Crippen LogP) is 3.05. The van der Waals surface area contributed by atoms with Crippen molar-refractivity contribution in [2.24, 2.45) is 0 Å². The van der Waals surface area contributed by atoms with Crippen LogP contribution in [0.15, 0.2) is 30.3 Å². The normalized spacial score (nSPS) is 12.4. The fraction of sp³-hybridized carbons (Fsp3) is 0.300. The highest BCUT2D eigenvalue weighted by atomic mass is 32.4. The fourth-order valence-corrected chi connectivity index (χ4v) is 1.75. The number of hydrogen-bond donors (Lipinski definition) is 0. The van der Waals surface area contributed by atoms with Crippen LogP contribution in [0.1, 0.15) is 24.8 Å². The zero-order valence-electron chi connectivity index (χ0n) is 7.84. The van der Waals surface area contributed by atoms with Crippen molar-refractivity contribution in [3.8, 4) is 0 Å². The van der Waals surface area contributed by atoms with Gasteiger partial charge in [-0.15, -0.1) is 0 Å². The maximum absolute atomic E-state index is 11.5. The molecule has 2 nitrogen and oxygen atoms in total. The SMILES string of the molecule is CCC(C(=O)OP=S)c1ccccc1. The van der Waals surface area contributed by atoms with Gasteiger partial charge in [0.2, 0.25) is 7.58 Å². The van der Waals surface area contributed by atoms with E-state index in [-0.39, 0.29) is 19.5 Å². The Balaban J connectivity index is 2.82. The average Bonchev–Trinajstić information content (AvgIpc) is 2.21. The van der Waals surface area contributed by atoms with Crippen LogP contribution >= 0.6 is 7.58 Å². The van der Waals surface area contributed by atoms with Crippen LogP contribution in [-0.4, -0.2) is 5.97 Å². The number of benzene rings is 1. The molecule has 0 aliphatic rings. The molecular formula is C10H11O2PS. The molecule has 14 heavy (non-hydrogen) atoms. The Morgan fingerprint density at radius 3 is 2.64 bits per heavy atom. The Morgan fingerprint density at radius 1 is 1.50 bits per heavy atom. The van der Waals surface area contributed by atoms with Crippen LogP contribution in [0.3, 0.4) is 0 Å². The summed E-state index contributed by atoms with van der Waals surface area (Å²) < 4.78 is 4.80. The van der Waals surface area contributed by atoms with Gasteiger partial charge in [0.15, 0.2) is 0 Å². The minimum Gasteiger partial charge on any atom is -0.395 e. The molecule has 0 bridgehead atoms. The summed E-state index contributed by atoms with van der Waals surface area (Å²) in [5, 5.41) is 0. The van der Waals surface area contributed by atoms with Crippen molar-refractivity contribution in [3.05, 3.63) is 35.9 Å². The van der Waals surface area contributed by atoms with Crippen LogP contribution in [0.4, 0.5) is 0 Å². The molecule has 0 saturated carbocycles. The monoisotopic (exact) mass is 226 g/mol. The van der Waals surface area contributed by atoms with Crippen molar-refractivity contribution in [2.45, 2.75) is 19.3 Å². The van der Waals surface area contributed by atoms with E-state index in [1.165, 1.54) is 0 Å². The molecular weight excluding hydrogens is 215 g/mol. The van der Waals surface area contributed by atoms with E-state index in [0.717, 1.165) is 12.0 Å². The predicted molar refractivity (Wildman–Crippen MR) is 59.9 cm³/mol. The Morgan fingerprint density at radius 2 is 2.14 bits per heavy atom. The number of carbonyl (C=O) groups excluding carboxylic acids is 1. The number of rotatable bonds is 4. The van der Waals surface area contributed by atoms with Crippen molar-refractivity contribution >= 4 is 25.4 Å². The lowest BCUT2D eigenvalue weighted by atomic mass is 9.97. The van der Waals surface area contributed by atoms with E-state index in [1.54, 1.807) is 0 Å². The molecule has 0 amide bonds. The zero-order chi connectivity index (χ0) is 10.4. The van der Waals surface area contributed by atoms with E-state index < -0.39 is 0 Å². The summed E-state index contributed by atoms with van der Waals surface area (Å²) >= 11 is 4.57. The van der Waals surface area contributed by atoms with Gasteiger partial charge < -0.3 is 4.52 Å². The van der Waals surface area contributed by atoms with E-state index in [9.17, 15) is 4.79 Å². The summed E-state index contributed by atoms with van der Waals surface area (Å²) in [6.07, 6.45) is 0.730. The summed E-state index contributed by atoms with van der Waals surface area (Å²) in [7, 11) is 0.247. The van der Waals surface area contributed by atoms with Crippen molar-refractivity contribution in [2.75, 3.05) is 0 Å². The molecule has 1 rings (SSSR count). The highest BCUT2D eigenvalue weighted by Crippen LogP contribution is 2.22. The molecule has 0 N–H and O–H groups in total. The minimum absolute atomic E-state index is 0.188. The molecule has 0 aliphatic heterocycles. The van der Waals surface area contributed by atoms with Gasteiger partial charge in [0, 0.05) is 0 Å². The first-order valence-electron chi connectivity index (χ1n) is 4.38. The third kappa shape index (κ3) is 2.86. The summed E-state index contributed by atoms with van der Waals surface area (Å²) in [6, 6.07) is 9.60. The second-order valence-corrected chi connectivity index (χ2v) is 3.64. The summed E-state index contributed by atoms with van der Waals surface area (Å²) in [5.41, 5.74) is 0.985. The van der Waals surface area contributed by atoms with Gasteiger partial charge in [-0.2, -0.15) is 0 Å². The summed E-state index contributed by atoms with van der Waals surface area (Å²) in [6.45, 7) is 1.96. The van der Waals surface area contributed by atoms with Crippen molar-refractivity contribution < 1.29 is 9.32 Å². The van der Waals surface area contributed by atoms with E-state index in [0.29, 0.717) is 0 Å². The highest BCUT2D eigenvalue weighted by Gasteiger charge is 2.19. The average molecular weight is 226 g/mol. The molecule has 0 saturated heterocycles. The molecule has 0 aromatic heterocycles. The second kappa shape index (κ2) is 5.84. The van der Waals surface area contributed by atoms with Gasteiger partial charge in [-0.1, -0.05) is 37.3 Å². The third-order valence-electron chi connectivity index (χ3n) is 2.02. The number of hydrogen-bond acceptors (Lipinski definition) is 3. The maximum Gasteiger partial charge on any atom is 0.322 e. The van der Waals surface area contributed by atoms with Crippen LogP contribution < -0.4 is 0 Å². The number of carbonyl (C=O) groups is 1. The quantitative estimate of drug-likeness (QED) is 0.738. The Hall–Kier alpha value is -0.790. The lowest BCUT2D eigenvalue weighted by Gasteiger charge is -2.11. The molecule has 1 aromatic carbocycles. The lowest BCUT2D eigenvalue weighted by Crippen LogP contribution is -2.11. The van der Waals surface area contributed by atoms with E-state index in [4.69, 9.17) is 4.52 Å². The Bertz CT molecular complexity index is 313. The summed E-state index contributed by atoms with van der Waals surface area (Å²) in [4.78, 5) is 11.5. The van der Waals surface area contributed by atoms with E-state index in [1.807, 2.05) is 37.3 Å². The van der Waals surface area contributed by atoms with E-state index >= 15 is 0 Å². The molecule has 1 unspecified atom stereocenters.